The number of para-hydroxylation sites is 1. The number of benzene rings is 1. The summed E-state index contributed by atoms with van der Waals surface area (Å²) in [7, 11) is 4.40. The van der Waals surface area contributed by atoms with E-state index in [1.165, 1.54) is 43.7 Å². The zero-order valence-corrected chi connectivity index (χ0v) is 12.1. The van der Waals surface area contributed by atoms with E-state index in [0.717, 1.165) is 18.5 Å². The van der Waals surface area contributed by atoms with Gasteiger partial charge in [-0.05, 0) is 51.0 Å². The van der Waals surface area contributed by atoms with Crippen LogP contribution in [0.3, 0.4) is 0 Å². The molecule has 0 aliphatic carbocycles. The number of nitrogens with zero attached hydrogens (tertiary/aromatic N) is 2. The molecule has 0 saturated carbocycles. The van der Waals surface area contributed by atoms with E-state index < -0.39 is 0 Å². The maximum absolute atomic E-state index is 3.58. The van der Waals surface area contributed by atoms with E-state index in [0.29, 0.717) is 0 Å². The number of rotatable bonds is 3. The van der Waals surface area contributed by atoms with E-state index in [4.69, 9.17) is 0 Å². The second kappa shape index (κ2) is 5.51. The van der Waals surface area contributed by atoms with Gasteiger partial charge in [0.2, 0.25) is 0 Å². The average Bonchev–Trinajstić information content (AvgIpc) is 2.87. The molecule has 2 unspecified atom stereocenters. The van der Waals surface area contributed by atoms with Gasteiger partial charge in [-0.15, -0.1) is 0 Å². The molecule has 1 fully saturated rings. The second-order valence-corrected chi connectivity index (χ2v) is 6.27. The van der Waals surface area contributed by atoms with E-state index in [9.17, 15) is 0 Å². The summed E-state index contributed by atoms with van der Waals surface area (Å²) in [5.41, 5.74) is 2.83. The summed E-state index contributed by atoms with van der Waals surface area (Å²) < 4.78 is 0. The molecule has 3 nitrogen and oxygen atoms in total. The number of likely N-dealkylation sites (tertiary alicyclic amines) is 1. The number of nitrogens with one attached hydrogen (secondary N) is 1. The summed E-state index contributed by atoms with van der Waals surface area (Å²) >= 11 is 0. The molecule has 19 heavy (non-hydrogen) atoms. The third kappa shape index (κ3) is 2.93. The molecule has 1 saturated heterocycles. The molecule has 0 bridgehead atoms. The highest BCUT2D eigenvalue weighted by Gasteiger charge is 2.27. The molecule has 104 valence electrons. The number of hydrogen-bond acceptors (Lipinski definition) is 3. The zero-order chi connectivity index (χ0) is 13.2. The van der Waals surface area contributed by atoms with Gasteiger partial charge in [0.1, 0.15) is 0 Å². The van der Waals surface area contributed by atoms with Gasteiger partial charge in [0.25, 0.3) is 0 Å². The van der Waals surface area contributed by atoms with Crippen molar-refractivity contribution in [1.82, 2.24) is 9.80 Å². The van der Waals surface area contributed by atoms with Gasteiger partial charge < -0.3 is 15.1 Å². The Morgan fingerprint density at radius 3 is 2.95 bits per heavy atom. The molecule has 1 N–H and O–H groups in total. The summed E-state index contributed by atoms with van der Waals surface area (Å²) in [6, 6.07) is 9.49. The lowest BCUT2D eigenvalue weighted by Crippen LogP contribution is -2.37. The summed E-state index contributed by atoms with van der Waals surface area (Å²) in [5.74, 6) is 0.760. The molecule has 2 aliphatic heterocycles. The summed E-state index contributed by atoms with van der Waals surface area (Å²) in [6.07, 6.45) is 2.55. The monoisotopic (exact) mass is 259 g/mol. The second-order valence-electron chi connectivity index (χ2n) is 6.27. The summed E-state index contributed by atoms with van der Waals surface area (Å²) in [6.45, 7) is 4.87. The predicted molar refractivity (Wildman–Crippen MR) is 80.7 cm³/mol. The SMILES string of the molecule is CN(C)C1CCN(CC2CNc3ccccc3C2)C1. The molecule has 1 aromatic rings. The highest BCUT2D eigenvalue weighted by atomic mass is 15.2. The molecule has 3 heteroatoms. The molecule has 2 atom stereocenters. The first-order chi connectivity index (χ1) is 9.22. The van der Waals surface area contributed by atoms with Crippen LogP contribution in [0.15, 0.2) is 24.3 Å². The Morgan fingerprint density at radius 2 is 2.16 bits per heavy atom. The van der Waals surface area contributed by atoms with Crippen LogP contribution in [-0.2, 0) is 6.42 Å². The van der Waals surface area contributed by atoms with Crippen LogP contribution in [0, 0.1) is 5.92 Å². The van der Waals surface area contributed by atoms with E-state index in [-0.39, 0.29) is 0 Å². The molecule has 3 rings (SSSR count). The van der Waals surface area contributed by atoms with Gasteiger partial charge in [0, 0.05) is 31.4 Å². The molecular weight excluding hydrogens is 234 g/mol. The molecule has 0 spiro atoms. The van der Waals surface area contributed by atoms with Crippen LogP contribution in [0.5, 0.6) is 0 Å². The van der Waals surface area contributed by atoms with Gasteiger partial charge in [0.15, 0.2) is 0 Å². The maximum Gasteiger partial charge on any atom is 0.0372 e. The average molecular weight is 259 g/mol. The minimum atomic E-state index is 0.754. The number of fused-ring (bicyclic) bond motifs is 1. The van der Waals surface area contributed by atoms with Crippen molar-refractivity contribution < 1.29 is 0 Å². The summed E-state index contributed by atoms with van der Waals surface area (Å²) in [5, 5.41) is 3.58. The Hall–Kier alpha value is -1.06. The molecule has 2 heterocycles. The van der Waals surface area contributed by atoms with Gasteiger partial charge in [-0.3, -0.25) is 0 Å². The van der Waals surface area contributed by atoms with Crippen molar-refractivity contribution in [2.75, 3.05) is 45.6 Å². The van der Waals surface area contributed by atoms with E-state index in [1.807, 2.05) is 0 Å². The standard InChI is InChI=1S/C16H25N3/c1-18(2)15-7-8-19(12-15)11-13-9-14-5-3-4-6-16(14)17-10-13/h3-6,13,15,17H,7-12H2,1-2H3. The van der Waals surface area contributed by atoms with Crippen LogP contribution in [0.2, 0.25) is 0 Å². The first-order valence-electron chi connectivity index (χ1n) is 7.43. The Balaban J connectivity index is 1.55. The first-order valence-corrected chi connectivity index (χ1v) is 7.43. The third-order valence-corrected chi connectivity index (χ3v) is 4.60. The predicted octanol–water partition coefficient (Wildman–Crippen LogP) is 1.91. The largest absolute Gasteiger partial charge is 0.384 e. The van der Waals surface area contributed by atoms with Crippen LogP contribution in [-0.4, -0.2) is 56.1 Å². The lowest BCUT2D eigenvalue weighted by molar-refractivity contribution is 0.243. The lowest BCUT2D eigenvalue weighted by atomic mass is 9.93. The molecule has 0 amide bonds. The number of hydrogen-bond donors (Lipinski definition) is 1. The number of likely N-dealkylation sites (N-methyl/N-ethyl adjacent to an activating group) is 1. The van der Waals surface area contributed by atoms with Crippen LogP contribution < -0.4 is 5.32 Å². The fourth-order valence-corrected chi connectivity index (χ4v) is 3.40. The van der Waals surface area contributed by atoms with Gasteiger partial charge in [-0.25, -0.2) is 0 Å². The smallest absolute Gasteiger partial charge is 0.0372 e. The fourth-order valence-electron chi connectivity index (χ4n) is 3.40. The third-order valence-electron chi connectivity index (χ3n) is 4.60. The van der Waals surface area contributed by atoms with Crippen LogP contribution >= 0.6 is 0 Å². The van der Waals surface area contributed by atoms with E-state index in [2.05, 4.69) is 53.5 Å². The van der Waals surface area contributed by atoms with Gasteiger partial charge in [0.05, 0.1) is 0 Å². The van der Waals surface area contributed by atoms with Crippen molar-refractivity contribution in [3.05, 3.63) is 29.8 Å². The van der Waals surface area contributed by atoms with Crippen LogP contribution in [0.4, 0.5) is 5.69 Å². The highest BCUT2D eigenvalue weighted by Crippen LogP contribution is 2.25. The van der Waals surface area contributed by atoms with Crippen molar-refractivity contribution in [3.8, 4) is 0 Å². The van der Waals surface area contributed by atoms with Crippen molar-refractivity contribution in [2.24, 2.45) is 5.92 Å². The lowest BCUT2D eigenvalue weighted by Gasteiger charge is -2.30. The molecule has 2 aliphatic rings. The zero-order valence-electron chi connectivity index (χ0n) is 12.1. The molecular formula is C16H25N3. The van der Waals surface area contributed by atoms with Gasteiger partial charge >= 0.3 is 0 Å². The quantitative estimate of drug-likeness (QED) is 0.894. The van der Waals surface area contributed by atoms with Gasteiger partial charge in [-0.1, -0.05) is 18.2 Å². The van der Waals surface area contributed by atoms with Crippen LogP contribution in [0.25, 0.3) is 0 Å². The molecule has 0 aromatic heterocycles. The Kier molecular flexibility index (Phi) is 3.76. The van der Waals surface area contributed by atoms with Crippen molar-refractivity contribution in [3.63, 3.8) is 0 Å². The fraction of sp³-hybridized carbons (Fsp3) is 0.625. The van der Waals surface area contributed by atoms with Crippen molar-refractivity contribution in [1.29, 1.82) is 0 Å². The Labute approximate surface area is 116 Å². The first kappa shape index (κ1) is 12.9. The highest BCUT2D eigenvalue weighted by molar-refractivity contribution is 5.53. The normalized spacial score (nSPS) is 27.3. The van der Waals surface area contributed by atoms with E-state index in [1.54, 1.807) is 0 Å². The minimum Gasteiger partial charge on any atom is -0.384 e. The van der Waals surface area contributed by atoms with Crippen molar-refractivity contribution in [2.45, 2.75) is 18.9 Å². The van der Waals surface area contributed by atoms with Crippen LogP contribution in [0.1, 0.15) is 12.0 Å². The Bertz CT molecular complexity index is 430. The Morgan fingerprint density at radius 1 is 1.32 bits per heavy atom. The molecule has 0 radical (unpaired) electrons. The summed E-state index contributed by atoms with van der Waals surface area (Å²) in [4.78, 5) is 5.01. The number of anilines is 1. The maximum atomic E-state index is 3.58. The van der Waals surface area contributed by atoms with Crippen molar-refractivity contribution >= 4 is 5.69 Å². The van der Waals surface area contributed by atoms with E-state index >= 15 is 0 Å². The molecule has 1 aromatic carbocycles. The minimum absolute atomic E-state index is 0.754. The van der Waals surface area contributed by atoms with Gasteiger partial charge in [-0.2, -0.15) is 0 Å². The topological polar surface area (TPSA) is 18.5 Å².